The number of carbonyl (C=O) groups excluding carboxylic acids is 1. The molecule has 0 heterocycles. The maximum Gasteiger partial charge on any atom is 0.265 e. The van der Waals surface area contributed by atoms with Crippen molar-refractivity contribution in [3.05, 3.63) is 84.4 Å². The second kappa shape index (κ2) is 8.31. The molecule has 0 aliphatic rings. The highest BCUT2D eigenvalue weighted by molar-refractivity contribution is 5.95. The SMILES string of the molecule is CC(Oc1ccc(F)c(F)c1)C(=O)Nc1ccccc1Oc1ccccc1. The van der Waals surface area contributed by atoms with Gasteiger partial charge in [0.2, 0.25) is 0 Å². The van der Waals surface area contributed by atoms with Gasteiger partial charge < -0.3 is 14.8 Å². The lowest BCUT2D eigenvalue weighted by Crippen LogP contribution is -2.30. The summed E-state index contributed by atoms with van der Waals surface area (Å²) in [5.74, 6) is -1.32. The highest BCUT2D eigenvalue weighted by Crippen LogP contribution is 2.29. The molecule has 0 radical (unpaired) electrons. The van der Waals surface area contributed by atoms with Gasteiger partial charge in [-0.05, 0) is 43.3 Å². The Balaban J connectivity index is 1.69. The van der Waals surface area contributed by atoms with Crippen LogP contribution in [0.3, 0.4) is 0 Å². The number of amides is 1. The summed E-state index contributed by atoms with van der Waals surface area (Å²) < 4.78 is 37.4. The van der Waals surface area contributed by atoms with E-state index >= 15 is 0 Å². The van der Waals surface area contributed by atoms with Crippen LogP contribution in [-0.2, 0) is 4.79 Å². The fraction of sp³-hybridized carbons (Fsp3) is 0.0952. The fourth-order valence-corrected chi connectivity index (χ4v) is 2.32. The fourth-order valence-electron chi connectivity index (χ4n) is 2.32. The zero-order valence-electron chi connectivity index (χ0n) is 14.5. The molecular formula is C21H17F2NO3. The molecule has 3 rings (SSSR count). The molecule has 1 amide bonds. The van der Waals surface area contributed by atoms with E-state index in [0.29, 0.717) is 17.2 Å². The van der Waals surface area contributed by atoms with Crippen molar-refractivity contribution in [2.45, 2.75) is 13.0 Å². The number of carbonyl (C=O) groups is 1. The average molecular weight is 369 g/mol. The van der Waals surface area contributed by atoms with E-state index in [0.717, 1.165) is 12.1 Å². The third-order valence-corrected chi connectivity index (χ3v) is 3.69. The predicted molar refractivity (Wildman–Crippen MR) is 98.0 cm³/mol. The first-order valence-corrected chi connectivity index (χ1v) is 8.27. The van der Waals surface area contributed by atoms with Crippen molar-refractivity contribution in [3.8, 4) is 17.2 Å². The zero-order valence-corrected chi connectivity index (χ0v) is 14.5. The van der Waals surface area contributed by atoms with Crippen LogP contribution in [0.1, 0.15) is 6.92 Å². The van der Waals surface area contributed by atoms with Gasteiger partial charge in [-0.25, -0.2) is 8.78 Å². The quantitative estimate of drug-likeness (QED) is 0.653. The average Bonchev–Trinajstić information content (AvgIpc) is 2.67. The molecule has 0 bridgehead atoms. The molecule has 1 N–H and O–H groups in total. The summed E-state index contributed by atoms with van der Waals surface area (Å²) in [5.41, 5.74) is 0.465. The van der Waals surface area contributed by atoms with E-state index in [1.165, 1.54) is 13.0 Å². The first-order valence-electron chi connectivity index (χ1n) is 8.27. The van der Waals surface area contributed by atoms with Crippen molar-refractivity contribution in [1.29, 1.82) is 0 Å². The number of para-hydroxylation sites is 3. The van der Waals surface area contributed by atoms with Gasteiger partial charge in [0.25, 0.3) is 5.91 Å². The van der Waals surface area contributed by atoms with Crippen molar-refractivity contribution < 1.29 is 23.0 Å². The van der Waals surface area contributed by atoms with Crippen LogP contribution in [0.5, 0.6) is 17.2 Å². The van der Waals surface area contributed by atoms with Gasteiger partial charge in [0.05, 0.1) is 5.69 Å². The van der Waals surface area contributed by atoms with Crippen molar-refractivity contribution in [3.63, 3.8) is 0 Å². The minimum absolute atomic E-state index is 0.0605. The molecule has 0 saturated heterocycles. The van der Waals surface area contributed by atoms with E-state index in [-0.39, 0.29) is 5.75 Å². The Labute approximate surface area is 155 Å². The largest absolute Gasteiger partial charge is 0.481 e. The van der Waals surface area contributed by atoms with Gasteiger partial charge >= 0.3 is 0 Å². The van der Waals surface area contributed by atoms with Gasteiger partial charge in [0, 0.05) is 6.07 Å². The second-order valence-electron chi connectivity index (χ2n) is 5.74. The number of benzene rings is 3. The smallest absolute Gasteiger partial charge is 0.265 e. The number of hydrogen-bond donors (Lipinski definition) is 1. The number of nitrogens with one attached hydrogen (secondary N) is 1. The molecule has 0 aliphatic heterocycles. The van der Waals surface area contributed by atoms with Crippen LogP contribution in [0.25, 0.3) is 0 Å². The Morgan fingerprint density at radius 1 is 0.889 bits per heavy atom. The summed E-state index contributed by atoms with van der Waals surface area (Å²) in [7, 11) is 0. The van der Waals surface area contributed by atoms with Crippen LogP contribution in [0.2, 0.25) is 0 Å². The van der Waals surface area contributed by atoms with Gasteiger partial charge in [0.1, 0.15) is 11.5 Å². The van der Waals surface area contributed by atoms with Crippen LogP contribution in [0.15, 0.2) is 72.8 Å². The first-order chi connectivity index (χ1) is 13.0. The number of anilines is 1. The Morgan fingerprint density at radius 3 is 2.33 bits per heavy atom. The van der Waals surface area contributed by atoms with Crippen molar-refractivity contribution in [1.82, 2.24) is 0 Å². The molecule has 1 atom stereocenters. The lowest BCUT2D eigenvalue weighted by molar-refractivity contribution is -0.122. The molecule has 3 aromatic carbocycles. The molecule has 3 aromatic rings. The van der Waals surface area contributed by atoms with E-state index < -0.39 is 23.6 Å². The number of ether oxygens (including phenoxy) is 2. The minimum Gasteiger partial charge on any atom is -0.481 e. The second-order valence-corrected chi connectivity index (χ2v) is 5.74. The Hall–Kier alpha value is -3.41. The topological polar surface area (TPSA) is 47.6 Å². The lowest BCUT2D eigenvalue weighted by atomic mass is 10.2. The standard InChI is InChI=1S/C21H17F2NO3/c1-14(26-16-11-12-17(22)18(23)13-16)21(25)24-19-9-5-6-10-20(19)27-15-7-3-2-4-8-15/h2-14H,1H3,(H,24,25). The zero-order chi connectivity index (χ0) is 19.2. The lowest BCUT2D eigenvalue weighted by Gasteiger charge is -2.17. The molecule has 0 spiro atoms. The third kappa shape index (κ3) is 4.82. The highest BCUT2D eigenvalue weighted by atomic mass is 19.2. The summed E-state index contributed by atoms with van der Waals surface area (Å²) in [6.07, 6.45) is -0.931. The van der Waals surface area contributed by atoms with Gasteiger partial charge in [-0.1, -0.05) is 30.3 Å². The maximum atomic E-state index is 13.3. The van der Waals surface area contributed by atoms with E-state index in [1.807, 2.05) is 18.2 Å². The molecule has 0 fully saturated rings. The molecule has 138 valence electrons. The summed E-state index contributed by atoms with van der Waals surface area (Å²) in [6.45, 7) is 1.51. The molecule has 1 unspecified atom stereocenters. The van der Waals surface area contributed by atoms with E-state index in [1.54, 1.807) is 36.4 Å². The summed E-state index contributed by atoms with van der Waals surface area (Å²) in [4.78, 5) is 12.4. The molecular weight excluding hydrogens is 352 g/mol. The van der Waals surface area contributed by atoms with Crippen LogP contribution >= 0.6 is 0 Å². The van der Waals surface area contributed by atoms with Crippen LogP contribution in [0.4, 0.5) is 14.5 Å². The molecule has 6 heteroatoms. The molecule has 0 aromatic heterocycles. The Kier molecular flexibility index (Phi) is 5.66. The minimum atomic E-state index is -1.04. The predicted octanol–water partition coefficient (Wildman–Crippen LogP) is 5.16. The Bertz CT molecular complexity index is 932. The number of hydrogen-bond acceptors (Lipinski definition) is 3. The van der Waals surface area contributed by atoms with Gasteiger partial charge in [-0.3, -0.25) is 4.79 Å². The summed E-state index contributed by atoms with van der Waals surface area (Å²) in [6, 6.07) is 19.2. The van der Waals surface area contributed by atoms with E-state index in [9.17, 15) is 13.6 Å². The van der Waals surface area contributed by atoms with E-state index in [2.05, 4.69) is 5.32 Å². The molecule has 0 saturated carbocycles. The molecule has 4 nitrogen and oxygen atoms in total. The third-order valence-electron chi connectivity index (χ3n) is 3.69. The number of halogens is 2. The summed E-state index contributed by atoms with van der Waals surface area (Å²) in [5, 5.41) is 2.72. The normalized spacial score (nSPS) is 11.5. The van der Waals surface area contributed by atoms with E-state index in [4.69, 9.17) is 9.47 Å². The van der Waals surface area contributed by atoms with Gasteiger partial charge in [-0.15, -0.1) is 0 Å². The first kappa shape index (κ1) is 18.4. The van der Waals surface area contributed by atoms with Crippen molar-refractivity contribution in [2.75, 3.05) is 5.32 Å². The molecule has 0 aliphatic carbocycles. The van der Waals surface area contributed by atoms with Crippen LogP contribution < -0.4 is 14.8 Å². The molecule has 27 heavy (non-hydrogen) atoms. The summed E-state index contributed by atoms with van der Waals surface area (Å²) >= 11 is 0. The van der Waals surface area contributed by atoms with Gasteiger partial charge in [-0.2, -0.15) is 0 Å². The van der Waals surface area contributed by atoms with Crippen molar-refractivity contribution in [2.24, 2.45) is 0 Å². The monoisotopic (exact) mass is 369 g/mol. The van der Waals surface area contributed by atoms with Crippen molar-refractivity contribution >= 4 is 11.6 Å². The van der Waals surface area contributed by atoms with Crippen LogP contribution in [0, 0.1) is 11.6 Å². The number of rotatable bonds is 6. The van der Waals surface area contributed by atoms with Gasteiger partial charge in [0.15, 0.2) is 23.5 Å². The maximum absolute atomic E-state index is 13.3. The highest BCUT2D eigenvalue weighted by Gasteiger charge is 2.17. The van der Waals surface area contributed by atoms with Crippen LogP contribution in [-0.4, -0.2) is 12.0 Å². The Morgan fingerprint density at radius 2 is 1.59 bits per heavy atom.